The predicted molar refractivity (Wildman–Crippen MR) is 89.1 cm³/mol. The quantitative estimate of drug-likeness (QED) is 0.402. The molecule has 20 heavy (non-hydrogen) atoms. The number of hydrogen-bond donors (Lipinski definition) is 0. The van der Waals surface area contributed by atoms with Gasteiger partial charge in [0.1, 0.15) is 0 Å². The molecular weight excluding hydrogens is 248 g/mol. The molecule has 0 heterocycles. The summed E-state index contributed by atoms with van der Waals surface area (Å²) in [7, 11) is 4.40. The lowest BCUT2D eigenvalue weighted by molar-refractivity contribution is 0.0862. The van der Waals surface area contributed by atoms with E-state index in [0.717, 1.165) is 25.5 Å². The lowest BCUT2D eigenvalue weighted by Crippen LogP contribution is -2.35. The van der Waals surface area contributed by atoms with Gasteiger partial charge in [0, 0.05) is 12.0 Å². The maximum absolute atomic E-state index is 5.56. The van der Waals surface area contributed by atoms with Gasteiger partial charge in [-0.2, -0.15) is 0 Å². The van der Waals surface area contributed by atoms with Crippen molar-refractivity contribution in [2.24, 2.45) is 5.41 Å². The lowest BCUT2D eigenvalue weighted by atomic mass is 9.94. The van der Waals surface area contributed by atoms with Gasteiger partial charge in [-0.05, 0) is 53.5 Å². The molecule has 0 bridgehead atoms. The minimum Gasteiger partial charge on any atom is -0.498 e. The Hall–Kier alpha value is -0.540. The van der Waals surface area contributed by atoms with Gasteiger partial charge in [0.15, 0.2) is 0 Å². The smallest absolute Gasteiger partial charge is 0.0940 e. The van der Waals surface area contributed by atoms with Crippen LogP contribution in [-0.4, -0.2) is 56.7 Å². The molecule has 120 valence electrons. The maximum Gasteiger partial charge on any atom is 0.0940 e. The minimum atomic E-state index is 0.177. The Labute approximate surface area is 127 Å². The highest BCUT2D eigenvalue weighted by molar-refractivity contribution is 4.79. The standard InChI is InChI=1S/C17H36N2O/c1-8-18(6)12-10-9-11-13-19(7)14-17(4,5)15-20-16(2)3/h2,8-15H2,1,3-7H3. The summed E-state index contributed by atoms with van der Waals surface area (Å²) in [6, 6.07) is 0. The molecule has 0 aromatic carbocycles. The zero-order valence-corrected chi connectivity index (χ0v) is 14.7. The molecule has 0 saturated heterocycles. The number of rotatable bonds is 12. The number of ether oxygens (including phenoxy) is 1. The molecule has 0 aromatic rings. The number of nitrogens with zero attached hydrogens (tertiary/aromatic N) is 2. The average Bonchev–Trinajstić information content (AvgIpc) is 2.35. The van der Waals surface area contributed by atoms with Gasteiger partial charge in [0.25, 0.3) is 0 Å². The van der Waals surface area contributed by atoms with Crippen LogP contribution in [0.2, 0.25) is 0 Å². The molecule has 0 aliphatic rings. The summed E-state index contributed by atoms with van der Waals surface area (Å²) in [5.74, 6) is 0.806. The van der Waals surface area contributed by atoms with E-state index in [9.17, 15) is 0 Å². The predicted octanol–water partition coefficient (Wildman–Crippen LogP) is 3.62. The fraction of sp³-hybridized carbons (Fsp3) is 0.882. The first-order valence-corrected chi connectivity index (χ1v) is 7.92. The van der Waals surface area contributed by atoms with E-state index in [4.69, 9.17) is 4.74 Å². The summed E-state index contributed by atoms with van der Waals surface area (Å²) in [5, 5.41) is 0. The highest BCUT2D eigenvalue weighted by Crippen LogP contribution is 2.18. The van der Waals surface area contributed by atoms with Crippen molar-refractivity contribution >= 4 is 0 Å². The van der Waals surface area contributed by atoms with Crippen LogP contribution in [0.15, 0.2) is 12.3 Å². The Bertz CT molecular complexity index is 264. The number of hydrogen-bond acceptors (Lipinski definition) is 3. The van der Waals surface area contributed by atoms with Gasteiger partial charge in [0.05, 0.1) is 12.4 Å². The largest absolute Gasteiger partial charge is 0.498 e. The van der Waals surface area contributed by atoms with E-state index in [0.29, 0.717) is 0 Å². The molecule has 0 aliphatic heterocycles. The SMILES string of the molecule is C=C(C)OCC(C)(C)CN(C)CCCCCN(C)CC. The highest BCUT2D eigenvalue weighted by Gasteiger charge is 2.20. The van der Waals surface area contributed by atoms with Gasteiger partial charge in [-0.25, -0.2) is 0 Å². The molecule has 0 amide bonds. The first-order chi connectivity index (χ1) is 9.26. The minimum absolute atomic E-state index is 0.177. The van der Waals surface area contributed by atoms with Crippen molar-refractivity contribution in [3.63, 3.8) is 0 Å². The fourth-order valence-corrected chi connectivity index (χ4v) is 2.27. The van der Waals surface area contributed by atoms with Crippen LogP contribution in [0.3, 0.4) is 0 Å². The Morgan fingerprint density at radius 1 is 1.05 bits per heavy atom. The summed E-state index contributed by atoms with van der Waals surface area (Å²) < 4.78 is 5.56. The fourth-order valence-electron chi connectivity index (χ4n) is 2.27. The molecule has 0 radical (unpaired) electrons. The third-order valence-corrected chi connectivity index (χ3v) is 3.53. The van der Waals surface area contributed by atoms with Crippen molar-refractivity contribution in [2.45, 2.75) is 47.0 Å². The zero-order valence-electron chi connectivity index (χ0n) is 14.7. The van der Waals surface area contributed by atoms with E-state index in [2.05, 4.69) is 51.2 Å². The van der Waals surface area contributed by atoms with Crippen LogP contribution in [0.1, 0.15) is 47.0 Å². The number of allylic oxidation sites excluding steroid dienone is 1. The van der Waals surface area contributed by atoms with Gasteiger partial charge in [-0.1, -0.05) is 33.8 Å². The molecular formula is C17H36N2O. The first-order valence-electron chi connectivity index (χ1n) is 7.92. The zero-order chi connectivity index (χ0) is 15.6. The lowest BCUT2D eigenvalue weighted by Gasteiger charge is -2.30. The van der Waals surface area contributed by atoms with Gasteiger partial charge in [0.2, 0.25) is 0 Å². The van der Waals surface area contributed by atoms with Crippen LogP contribution in [0.4, 0.5) is 0 Å². The molecule has 0 atom stereocenters. The van der Waals surface area contributed by atoms with E-state index in [1.807, 2.05) is 6.92 Å². The van der Waals surface area contributed by atoms with E-state index >= 15 is 0 Å². The molecule has 3 heteroatoms. The second kappa shape index (κ2) is 10.2. The van der Waals surface area contributed by atoms with Crippen LogP contribution < -0.4 is 0 Å². The van der Waals surface area contributed by atoms with Crippen molar-refractivity contribution in [3.05, 3.63) is 12.3 Å². The molecule has 3 nitrogen and oxygen atoms in total. The van der Waals surface area contributed by atoms with Crippen LogP contribution in [-0.2, 0) is 4.74 Å². The molecule has 0 aromatic heterocycles. The molecule has 0 spiro atoms. The monoisotopic (exact) mass is 284 g/mol. The second-order valence-electron chi connectivity index (χ2n) is 6.85. The molecule has 0 N–H and O–H groups in total. The van der Waals surface area contributed by atoms with Crippen LogP contribution in [0.5, 0.6) is 0 Å². The van der Waals surface area contributed by atoms with Crippen LogP contribution in [0, 0.1) is 5.41 Å². The van der Waals surface area contributed by atoms with E-state index in [1.54, 1.807) is 0 Å². The summed E-state index contributed by atoms with van der Waals surface area (Å²) >= 11 is 0. The molecule has 0 aliphatic carbocycles. The molecule has 0 unspecified atom stereocenters. The van der Waals surface area contributed by atoms with Gasteiger partial charge >= 0.3 is 0 Å². The van der Waals surface area contributed by atoms with Crippen molar-refractivity contribution in [2.75, 3.05) is 46.9 Å². The van der Waals surface area contributed by atoms with Crippen molar-refractivity contribution < 1.29 is 4.74 Å². The Morgan fingerprint density at radius 3 is 2.10 bits per heavy atom. The summed E-state index contributed by atoms with van der Waals surface area (Å²) in [6.45, 7) is 17.8. The summed E-state index contributed by atoms with van der Waals surface area (Å²) in [4.78, 5) is 4.80. The molecule has 0 rings (SSSR count). The van der Waals surface area contributed by atoms with Gasteiger partial charge < -0.3 is 14.5 Å². The van der Waals surface area contributed by atoms with Crippen molar-refractivity contribution in [3.8, 4) is 0 Å². The van der Waals surface area contributed by atoms with Gasteiger partial charge in [-0.3, -0.25) is 0 Å². The van der Waals surface area contributed by atoms with Gasteiger partial charge in [-0.15, -0.1) is 0 Å². The Kier molecular flexibility index (Phi) is 9.95. The second-order valence-corrected chi connectivity index (χ2v) is 6.85. The molecule has 0 fully saturated rings. The average molecular weight is 284 g/mol. The van der Waals surface area contributed by atoms with Crippen LogP contribution >= 0.6 is 0 Å². The number of unbranched alkanes of at least 4 members (excludes halogenated alkanes) is 2. The Balaban J connectivity index is 3.71. The van der Waals surface area contributed by atoms with Crippen molar-refractivity contribution in [1.29, 1.82) is 0 Å². The van der Waals surface area contributed by atoms with E-state index in [-0.39, 0.29) is 5.41 Å². The summed E-state index contributed by atoms with van der Waals surface area (Å²) in [5.41, 5.74) is 0.177. The van der Waals surface area contributed by atoms with Crippen LogP contribution in [0.25, 0.3) is 0 Å². The Morgan fingerprint density at radius 2 is 1.60 bits per heavy atom. The van der Waals surface area contributed by atoms with Crippen molar-refractivity contribution in [1.82, 2.24) is 9.80 Å². The highest BCUT2D eigenvalue weighted by atomic mass is 16.5. The third-order valence-electron chi connectivity index (χ3n) is 3.53. The first kappa shape index (κ1) is 19.5. The maximum atomic E-state index is 5.56. The third kappa shape index (κ3) is 11.3. The normalized spacial score (nSPS) is 12.2. The topological polar surface area (TPSA) is 15.7 Å². The van der Waals surface area contributed by atoms with E-state index in [1.165, 1.54) is 32.4 Å². The summed E-state index contributed by atoms with van der Waals surface area (Å²) in [6.07, 6.45) is 3.91. The van der Waals surface area contributed by atoms with E-state index < -0.39 is 0 Å². The molecule has 0 saturated carbocycles.